The number of ether oxygens (including phenoxy) is 1. The molecule has 2 heterocycles. The van der Waals surface area contributed by atoms with Crippen LogP contribution in [0.5, 0.6) is 0 Å². The number of nitrogens with zero attached hydrogens (tertiary/aromatic N) is 2. The SMILES string of the molecule is CN=C(NCC1CCCO1)NCC1CCCN(C)C1c1ccc(C(F)(F)F)cc1. The molecule has 0 radical (unpaired) electrons. The largest absolute Gasteiger partial charge is 0.416 e. The first-order valence-electron chi connectivity index (χ1n) is 10.3. The van der Waals surface area contributed by atoms with Crippen molar-refractivity contribution >= 4 is 5.96 Å². The van der Waals surface area contributed by atoms with Gasteiger partial charge >= 0.3 is 6.18 Å². The summed E-state index contributed by atoms with van der Waals surface area (Å²) in [5, 5.41) is 6.71. The van der Waals surface area contributed by atoms with Crippen LogP contribution in [0.3, 0.4) is 0 Å². The van der Waals surface area contributed by atoms with E-state index in [0.717, 1.165) is 56.9 Å². The molecule has 162 valence electrons. The summed E-state index contributed by atoms with van der Waals surface area (Å²) in [6.45, 7) is 3.20. The molecule has 5 nitrogen and oxygen atoms in total. The van der Waals surface area contributed by atoms with Crippen molar-refractivity contribution < 1.29 is 17.9 Å². The predicted molar refractivity (Wildman–Crippen MR) is 108 cm³/mol. The van der Waals surface area contributed by atoms with E-state index in [9.17, 15) is 13.2 Å². The van der Waals surface area contributed by atoms with Gasteiger partial charge < -0.3 is 15.4 Å². The summed E-state index contributed by atoms with van der Waals surface area (Å²) in [6, 6.07) is 5.68. The third kappa shape index (κ3) is 5.85. The van der Waals surface area contributed by atoms with Gasteiger partial charge in [0.2, 0.25) is 0 Å². The fourth-order valence-corrected chi connectivity index (χ4v) is 4.33. The molecule has 2 fully saturated rings. The van der Waals surface area contributed by atoms with Crippen LogP contribution in [0.25, 0.3) is 0 Å². The van der Waals surface area contributed by atoms with E-state index in [1.54, 1.807) is 19.2 Å². The van der Waals surface area contributed by atoms with Gasteiger partial charge in [0.15, 0.2) is 5.96 Å². The van der Waals surface area contributed by atoms with Crippen molar-refractivity contribution in [2.45, 2.75) is 44.0 Å². The molecule has 8 heteroatoms. The fourth-order valence-electron chi connectivity index (χ4n) is 4.33. The zero-order valence-electron chi connectivity index (χ0n) is 17.1. The third-order valence-corrected chi connectivity index (χ3v) is 5.86. The Hall–Kier alpha value is -1.80. The lowest BCUT2D eigenvalue weighted by molar-refractivity contribution is -0.137. The minimum Gasteiger partial charge on any atom is -0.376 e. The number of piperidine rings is 1. The van der Waals surface area contributed by atoms with Gasteiger partial charge in [-0.05, 0) is 62.9 Å². The zero-order valence-corrected chi connectivity index (χ0v) is 17.1. The van der Waals surface area contributed by atoms with Crippen LogP contribution >= 0.6 is 0 Å². The summed E-state index contributed by atoms with van der Waals surface area (Å²) < 4.78 is 44.3. The molecule has 0 aromatic heterocycles. The molecule has 2 N–H and O–H groups in total. The van der Waals surface area contributed by atoms with Crippen LogP contribution in [-0.4, -0.2) is 57.3 Å². The Morgan fingerprint density at radius 1 is 1.14 bits per heavy atom. The van der Waals surface area contributed by atoms with Gasteiger partial charge in [0, 0.05) is 32.8 Å². The first kappa shape index (κ1) is 21.9. The lowest BCUT2D eigenvalue weighted by Crippen LogP contribution is -2.46. The van der Waals surface area contributed by atoms with Crippen LogP contribution in [0.15, 0.2) is 29.3 Å². The molecular formula is C21H31F3N4O. The van der Waals surface area contributed by atoms with Crippen LogP contribution in [0, 0.1) is 5.92 Å². The molecule has 0 saturated carbocycles. The second-order valence-corrected chi connectivity index (χ2v) is 7.92. The molecule has 3 unspecified atom stereocenters. The molecular weight excluding hydrogens is 381 g/mol. The molecule has 0 aliphatic carbocycles. The quantitative estimate of drug-likeness (QED) is 0.575. The van der Waals surface area contributed by atoms with Crippen molar-refractivity contribution in [3.05, 3.63) is 35.4 Å². The Labute approximate surface area is 170 Å². The molecule has 3 rings (SSSR count). The molecule has 1 aromatic carbocycles. The number of guanidine groups is 1. The van der Waals surface area contributed by atoms with E-state index in [-0.39, 0.29) is 18.1 Å². The topological polar surface area (TPSA) is 48.9 Å². The molecule has 29 heavy (non-hydrogen) atoms. The number of nitrogens with one attached hydrogen (secondary N) is 2. The number of halogens is 3. The van der Waals surface area contributed by atoms with E-state index < -0.39 is 11.7 Å². The van der Waals surface area contributed by atoms with Crippen LogP contribution in [0.4, 0.5) is 13.2 Å². The monoisotopic (exact) mass is 412 g/mol. The van der Waals surface area contributed by atoms with E-state index in [4.69, 9.17) is 4.74 Å². The van der Waals surface area contributed by atoms with Crippen molar-refractivity contribution in [1.29, 1.82) is 0 Å². The van der Waals surface area contributed by atoms with Gasteiger partial charge in [-0.25, -0.2) is 0 Å². The van der Waals surface area contributed by atoms with Crippen molar-refractivity contribution in [2.75, 3.05) is 40.3 Å². The van der Waals surface area contributed by atoms with E-state index in [2.05, 4.69) is 20.5 Å². The smallest absolute Gasteiger partial charge is 0.376 e. The Morgan fingerprint density at radius 3 is 2.48 bits per heavy atom. The second-order valence-electron chi connectivity index (χ2n) is 7.92. The van der Waals surface area contributed by atoms with Gasteiger partial charge in [-0.15, -0.1) is 0 Å². The standard InChI is InChI=1S/C21H31F3N4O/c1-25-20(27-14-18-6-4-12-29-18)26-13-16-5-3-11-28(2)19(16)15-7-9-17(10-8-15)21(22,23)24/h7-10,16,18-19H,3-6,11-14H2,1-2H3,(H2,25,26,27). The lowest BCUT2D eigenvalue weighted by atomic mass is 9.84. The highest BCUT2D eigenvalue weighted by Crippen LogP contribution is 2.36. The van der Waals surface area contributed by atoms with E-state index in [0.29, 0.717) is 6.54 Å². The molecule has 1 aromatic rings. The van der Waals surface area contributed by atoms with E-state index >= 15 is 0 Å². The highest BCUT2D eigenvalue weighted by atomic mass is 19.4. The number of aliphatic imine (C=N–C) groups is 1. The highest BCUT2D eigenvalue weighted by molar-refractivity contribution is 5.79. The Balaban J connectivity index is 1.61. The molecule has 3 atom stereocenters. The third-order valence-electron chi connectivity index (χ3n) is 5.86. The van der Waals surface area contributed by atoms with E-state index in [1.165, 1.54) is 12.1 Å². The maximum atomic E-state index is 12.9. The van der Waals surface area contributed by atoms with Gasteiger partial charge in [0.1, 0.15) is 0 Å². The first-order valence-corrected chi connectivity index (χ1v) is 10.3. The minimum atomic E-state index is -4.31. The van der Waals surface area contributed by atoms with Crippen molar-refractivity contribution in [2.24, 2.45) is 10.9 Å². The molecule has 0 spiro atoms. The van der Waals surface area contributed by atoms with E-state index in [1.807, 2.05) is 7.05 Å². The van der Waals surface area contributed by atoms with Gasteiger partial charge in [0.25, 0.3) is 0 Å². The number of alkyl halides is 3. The van der Waals surface area contributed by atoms with Crippen LogP contribution in [0.2, 0.25) is 0 Å². The first-order chi connectivity index (χ1) is 13.9. The normalized spacial score (nSPS) is 26.5. The van der Waals surface area contributed by atoms with Crippen LogP contribution < -0.4 is 10.6 Å². The van der Waals surface area contributed by atoms with Gasteiger partial charge in [-0.1, -0.05) is 12.1 Å². The summed E-state index contributed by atoms with van der Waals surface area (Å²) >= 11 is 0. The fraction of sp³-hybridized carbons (Fsp3) is 0.667. The average Bonchev–Trinajstić information content (AvgIpc) is 3.21. The molecule has 0 amide bonds. The summed E-state index contributed by atoms with van der Waals surface area (Å²) in [6.07, 6.45) is 0.177. The zero-order chi connectivity index (χ0) is 20.9. The molecule has 0 bridgehead atoms. The van der Waals surface area contributed by atoms with Crippen LogP contribution in [0.1, 0.15) is 42.9 Å². The summed E-state index contributed by atoms with van der Waals surface area (Å²) in [5.74, 6) is 1.02. The summed E-state index contributed by atoms with van der Waals surface area (Å²) in [5.41, 5.74) is 0.322. The molecule has 2 aliphatic heterocycles. The summed E-state index contributed by atoms with van der Waals surface area (Å²) in [4.78, 5) is 6.53. The number of hydrogen-bond acceptors (Lipinski definition) is 3. The molecule has 2 aliphatic rings. The number of rotatable bonds is 5. The summed E-state index contributed by atoms with van der Waals surface area (Å²) in [7, 11) is 3.78. The Kier molecular flexibility index (Phi) is 7.40. The lowest BCUT2D eigenvalue weighted by Gasteiger charge is -2.40. The van der Waals surface area contributed by atoms with Gasteiger partial charge in [-0.2, -0.15) is 13.2 Å². The van der Waals surface area contributed by atoms with Crippen molar-refractivity contribution in [1.82, 2.24) is 15.5 Å². The average molecular weight is 412 g/mol. The number of likely N-dealkylation sites (tertiary alicyclic amines) is 1. The maximum absolute atomic E-state index is 12.9. The Bertz CT molecular complexity index is 671. The maximum Gasteiger partial charge on any atom is 0.416 e. The second kappa shape index (κ2) is 9.80. The highest BCUT2D eigenvalue weighted by Gasteiger charge is 2.33. The van der Waals surface area contributed by atoms with Gasteiger partial charge in [0.05, 0.1) is 11.7 Å². The predicted octanol–water partition coefficient (Wildman–Crippen LogP) is 3.43. The van der Waals surface area contributed by atoms with Gasteiger partial charge in [-0.3, -0.25) is 9.89 Å². The minimum absolute atomic E-state index is 0.0785. The molecule has 2 saturated heterocycles. The number of hydrogen-bond donors (Lipinski definition) is 2. The Morgan fingerprint density at radius 2 is 1.86 bits per heavy atom. The van der Waals surface area contributed by atoms with Crippen molar-refractivity contribution in [3.8, 4) is 0 Å². The van der Waals surface area contributed by atoms with Crippen molar-refractivity contribution in [3.63, 3.8) is 0 Å². The van der Waals surface area contributed by atoms with Crippen LogP contribution in [-0.2, 0) is 10.9 Å². The number of benzene rings is 1.